The predicted octanol–water partition coefficient (Wildman–Crippen LogP) is 1.90. The second-order valence-corrected chi connectivity index (χ2v) is 3.36. The van der Waals surface area contributed by atoms with Crippen molar-refractivity contribution in [2.45, 2.75) is 27.3 Å². The fourth-order valence-corrected chi connectivity index (χ4v) is 1.16. The van der Waals surface area contributed by atoms with Gasteiger partial charge in [0.1, 0.15) is 5.82 Å². The van der Waals surface area contributed by atoms with Crippen LogP contribution in [0.3, 0.4) is 0 Å². The van der Waals surface area contributed by atoms with Gasteiger partial charge in [0.2, 0.25) is 5.28 Å². The summed E-state index contributed by atoms with van der Waals surface area (Å²) >= 11 is 5.78. The molecule has 0 aromatic carbocycles. The van der Waals surface area contributed by atoms with E-state index in [1.807, 2.05) is 11.5 Å². The second kappa shape index (κ2) is 3.22. The highest BCUT2D eigenvalue weighted by Gasteiger charge is 2.06. The summed E-state index contributed by atoms with van der Waals surface area (Å²) in [4.78, 5) is 0. The van der Waals surface area contributed by atoms with Crippen LogP contribution in [0.25, 0.3) is 0 Å². The zero-order valence-electron chi connectivity index (χ0n) is 7.00. The lowest BCUT2D eigenvalue weighted by molar-refractivity contribution is 0.513. The van der Waals surface area contributed by atoms with Crippen LogP contribution in [0.15, 0.2) is 0 Å². The van der Waals surface area contributed by atoms with Crippen molar-refractivity contribution in [3.05, 3.63) is 11.1 Å². The molecule has 0 aliphatic rings. The minimum Gasteiger partial charge on any atom is -0.302 e. The average molecular weight is 174 g/mol. The average Bonchev–Trinajstić information content (AvgIpc) is 2.18. The first-order chi connectivity index (χ1) is 5.11. The van der Waals surface area contributed by atoms with Gasteiger partial charge in [0, 0.05) is 6.54 Å². The van der Waals surface area contributed by atoms with Crippen molar-refractivity contribution >= 4 is 11.6 Å². The van der Waals surface area contributed by atoms with Crippen molar-refractivity contribution in [3.63, 3.8) is 0 Å². The van der Waals surface area contributed by atoms with Gasteiger partial charge in [-0.25, -0.2) is 0 Å². The summed E-state index contributed by atoms with van der Waals surface area (Å²) < 4.78 is 1.91. The third-order valence-electron chi connectivity index (χ3n) is 1.44. The Labute approximate surface area is 71.4 Å². The number of hydrogen-bond donors (Lipinski definition) is 0. The van der Waals surface area contributed by atoms with Gasteiger partial charge in [0.25, 0.3) is 0 Å². The van der Waals surface area contributed by atoms with Crippen molar-refractivity contribution < 1.29 is 0 Å². The second-order valence-electron chi connectivity index (χ2n) is 3.02. The SMILES string of the molecule is Cc1nnc(Cl)n1CC(C)C. The lowest BCUT2D eigenvalue weighted by Crippen LogP contribution is -2.06. The summed E-state index contributed by atoms with van der Waals surface area (Å²) in [6.07, 6.45) is 0. The smallest absolute Gasteiger partial charge is 0.225 e. The van der Waals surface area contributed by atoms with Gasteiger partial charge in [0.15, 0.2) is 0 Å². The van der Waals surface area contributed by atoms with Gasteiger partial charge >= 0.3 is 0 Å². The summed E-state index contributed by atoms with van der Waals surface area (Å²) in [5.41, 5.74) is 0. The number of nitrogens with zero attached hydrogens (tertiary/aromatic N) is 3. The van der Waals surface area contributed by atoms with E-state index >= 15 is 0 Å². The van der Waals surface area contributed by atoms with Gasteiger partial charge < -0.3 is 4.57 Å². The van der Waals surface area contributed by atoms with Gasteiger partial charge in [0.05, 0.1) is 0 Å². The van der Waals surface area contributed by atoms with Crippen LogP contribution in [0.2, 0.25) is 5.28 Å². The largest absolute Gasteiger partial charge is 0.302 e. The first-order valence-electron chi connectivity index (χ1n) is 3.66. The molecule has 4 heteroatoms. The normalized spacial score (nSPS) is 11.0. The standard InChI is InChI=1S/C7H12ClN3/c1-5(2)4-11-6(3)9-10-7(11)8/h5H,4H2,1-3H3. The number of hydrogen-bond acceptors (Lipinski definition) is 2. The summed E-state index contributed by atoms with van der Waals surface area (Å²) in [5.74, 6) is 1.45. The maximum atomic E-state index is 5.78. The zero-order chi connectivity index (χ0) is 8.43. The van der Waals surface area contributed by atoms with Crippen molar-refractivity contribution in [1.29, 1.82) is 0 Å². The molecule has 1 heterocycles. The molecule has 0 amide bonds. The first kappa shape index (κ1) is 8.53. The van der Waals surface area contributed by atoms with Gasteiger partial charge in [-0.1, -0.05) is 13.8 Å². The fraction of sp³-hybridized carbons (Fsp3) is 0.714. The molecule has 3 nitrogen and oxygen atoms in total. The van der Waals surface area contributed by atoms with Gasteiger partial charge in [-0.2, -0.15) is 0 Å². The van der Waals surface area contributed by atoms with Crippen molar-refractivity contribution in [3.8, 4) is 0 Å². The Balaban J connectivity index is 2.83. The minimum atomic E-state index is 0.483. The maximum absolute atomic E-state index is 5.78. The Hall–Kier alpha value is -0.570. The highest BCUT2D eigenvalue weighted by Crippen LogP contribution is 2.09. The zero-order valence-corrected chi connectivity index (χ0v) is 7.76. The van der Waals surface area contributed by atoms with E-state index in [-0.39, 0.29) is 0 Å². The van der Waals surface area contributed by atoms with Crippen molar-refractivity contribution in [2.24, 2.45) is 5.92 Å². The number of aryl methyl sites for hydroxylation is 1. The van der Waals surface area contributed by atoms with E-state index < -0.39 is 0 Å². The maximum Gasteiger partial charge on any atom is 0.225 e. The van der Waals surface area contributed by atoms with Crippen LogP contribution in [0.1, 0.15) is 19.7 Å². The van der Waals surface area contributed by atoms with E-state index in [2.05, 4.69) is 24.0 Å². The molecular weight excluding hydrogens is 162 g/mol. The third-order valence-corrected chi connectivity index (χ3v) is 1.72. The molecule has 0 fully saturated rings. The number of halogens is 1. The van der Waals surface area contributed by atoms with E-state index in [1.54, 1.807) is 0 Å². The molecule has 1 aromatic rings. The van der Waals surface area contributed by atoms with Crippen LogP contribution in [0.5, 0.6) is 0 Å². The van der Waals surface area contributed by atoms with E-state index in [0.717, 1.165) is 12.4 Å². The van der Waals surface area contributed by atoms with E-state index in [9.17, 15) is 0 Å². The molecule has 0 atom stereocenters. The molecule has 11 heavy (non-hydrogen) atoms. The van der Waals surface area contributed by atoms with Gasteiger partial charge in [-0.05, 0) is 24.4 Å². The molecule has 0 unspecified atom stereocenters. The monoisotopic (exact) mass is 173 g/mol. The quantitative estimate of drug-likeness (QED) is 0.684. The Morgan fingerprint density at radius 1 is 1.45 bits per heavy atom. The van der Waals surface area contributed by atoms with Crippen LogP contribution in [0, 0.1) is 12.8 Å². The number of rotatable bonds is 2. The van der Waals surface area contributed by atoms with Crippen LogP contribution < -0.4 is 0 Å². The summed E-state index contributed by atoms with van der Waals surface area (Å²) in [6.45, 7) is 7.06. The Morgan fingerprint density at radius 3 is 2.45 bits per heavy atom. The molecule has 1 rings (SSSR count). The molecule has 0 aliphatic carbocycles. The Kier molecular flexibility index (Phi) is 2.49. The molecule has 0 saturated carbocycles. The van der Waals surface area contributed by atoms with Crippen LogP contribution in [0.4, 0.5) is 0 Å². The lowest BCUT2D eigenvalue weighted by atomic mass is 10.2. The van der Waals surface area contributed by atoms with Crippen LogP contribution in [-0.4, -0.2) is 14.8 Å². The lowest BCUT2D eigenvalue weighted by Gasteiger charge is -2.07. The van der Waals surface area contributed by atoms with Gasteiger partial charge in [-0.15, -0.1) is 10.2 Å². The van der Waals surface area contributed by atoms with E-state index in [1.165, 1.54) is 0 Å². The molecule has 62 valence electrons. The predicted molar refractivity (Wildman–Crippen MR) is 44.6 cm³/mol. The highest BCUT2D eigenvalue weighted by molar-refractivity contribution is 6.28. The summed E-state index contributed by atoms with van der Waals surface area (Å²) in [5, 5.41) is 8.08. The molecule has 0 aliphatic heterocycles. The molecule has 0 N–H and O–H groups in total. The Morgan fingerprint density at radius 2 is 2.09 bits per heavy atom. The van der Waals surface area contributed by atoms with Crippen molar-refractivity contribution in [2.75, 3.05) is 0 Å². The minimum absolute atomic E-state index is 0.483. The van der Waals surface area contributed by atoms with Crippen LogP contribution >= 0.6 is 11.6 Å². The van der Waals surface area contributed by atoms with Crippen molar-refractivity contribution in [1.82, 2.24) is 14.8 Å². The molecule has 0 bridgehead atoms. The number of aromatic nitrogens is 3. The molecule has 0 saturated heterocycles. The summed E-state index contributed by atoms with van der Waals surface area (Å²) in [7, 11) is 0. The fourth-order valence-electron chi connectivity index (χ4n) is 0.928. The first-order valence-corrected chi connectivity index (χ1v) is 4.04. The summed E-state index contributed by atoms with van der Waals surface area (Å²) in [6, 6.07) is 0. The third kappa shape index (κ3) is 1.93. The van der Waals surface area contributed by atoms with E-state index in [4.69, 9.17) is 11.6 Å². The molecule has 1 aromatic heterocycles. The Bertz CT molecular complexity index is 222. The van der Waals surface area contributed by atoms with Crippen LogP contribution in [-0.2, 0) is 6.54 Å². The topological polar surface area (TPSA) is 30.7 Å². The molecular formula is C7H12ClN3. The molecule has 0 spiro atoms. The van der Waals surface area contributed by atoms with E-state index in [0.29, 0.717) is 11.2 Å². The molecule has 0 radical (unpaired) electrons. The van der Waals surface area contributed by atoms with Gasteiger partial charge in [-0.3, -0.25) is 0 Å². The highest BCUT2D eigenvalue weighted by atomic mass is 35.5.